The maximum Gasteiger partial charge on any atom is 0.159 e. The van der Waals surface area contributed by atoms with E-state index in [9.17, 15) is 13.0 Å². The number of allylic oxidation sites excluding steroid dienone is 2. The molecule has 0 radical (unpaired) electrons. The van der Waals surface area contributed by atoms with Crippen LogP contribution >= 0.6 is 0 Å². The summed E-state index contributed by atoms with van der Waals surface area (Å²) in [6, 6.07) is 3.49. The highest BCUT2D eigenvalue weighted by atomic mass is 32.2. The average Bonchev–Trinajstić information content (AvgIpc) is 2.57. The van der Waals surface area contributed by atoms with E-state index in [2.05, 4.69) is 0 Å². The van der Waals surface area contributed by atoms with E-state index in [1.807, 2.05) is 0 Å². The van der Waals surface area contributed by atoms with Crippen LogP contribution in [-0.4, -0.2) is 4.21 Å². The minimum atomic E-state index is -1.24. The van der Waals surface area contributed by atoms with Crippen molar-refractivity contribution in [3.8, 4) is 0 Å². The van der Waals surface area contributed by atoms with Gasteiger partial charge in [-0.25, -0.2) is 13.0 Å². The van der Waals surface area contributed by atoms with Crippen LogP contribution in [0.3, 0.4) is 0 Å². The maximum absolute atomic E-state index is 12.8. The second-order valence-electron chi connectivity index (χ2n) is 2.79. The minimum Gasteiger partial charge on any atom is -0.250 e. The highest BCUT2D eigenvalue weighted by Crippen LogP contribution is 2.24. The molecule has 0 aliphatic carbocycles. The van der Waals surface area contributed by atoms with Crippen molar-refractivity contribution in [2.45, 2.75) is 0 Å². The van der Waals surface area contributed by atoms with Gasteiger partial charge in [0.05, 0.1) is 15.7 Å². The van der Waals surface area contributed by atoms with Crippen LogP contribution in [0.15, 0.2) is 35.8 Å². The standard InChI is InChI=1S/C10H6F2OS/c11-8-4-3-7(6-9(8)12)10-2-1-5-14(10)13/h1-6H. The van der Waals surface area contributed by atoms with Crippen molar-refractivity contribution in [2.75, 3.05) is 0 Å². The normalized spacial score (nSPS) is 19.9. The van der Waals surface area contributed by atoms with Crippen LogP contribution in [0.5, 0.6) is 0 Å². The lowest BCUT2D eigenvalue weighted by Crippen LogP contribution is -1.91. The summed E-state index contributed by atoms with van der Waals surface area (Å²) in [4.78, 5) is 0.504. The molecule has 1 aromatic rings. The Morgan fingerprint density at radius 3 is 2.50 bits per heavy atom. The topological polar surface area (TPSA) is 17.1 Å². The summed E-state index contributed by atoms with van der Waals surface area (Å²) in [5, 5.41) is 1.50. The zero-order chi connectivity index (χ0) is 10.1. The molecule has 1 atom stereocenters. The first-order chi connectivity index (χ1) is 6.68. The third-order valence-electron chi connectivity index (χ3n) is 1.87. The molecule has 0 fully saturated rings. The summed E-state index contributed by atoms with van der Waals surface area (Å²) in [7, 11) is -1.24. The van der Waals surface area contributed by atoms with E-state index in [0.29, 0.717) is 10.5 Å². The highest BCUT2D eigenvalue weighted by Gasteiger charge is 2.12. The lowest BCUT2D eigenvalue weighted by molar-refractivity contribution is 0.508. The fourth-order valence-electron chi connectivity index (χ4n) is 1.20. The van der Waals surface area contributed by atoms with Gasteiger partial charge in [0, 0.05) is 5.41 Å². The smallest absolute Gasteiger partial charge is 0.159 e. The van der Waals surface area contributed by atoms with Crippen LogP contribution in [0.2, 0.25) is 0 Å². The molecule has 0 bridgehead atoms. The number of benzene rings is 1. The Kier molecular flexibility index (Phi) is 2.29. The molecule has 0 amide bonds. The van der Waals surface area contributed by atoms with E-state index in [4.69, 9.17) is 0 Å². The number of hydrogen-bond acceptors (Lipinski definition) is 1. The second-order valence-corrected chi connectivity index (χ2v) is 4.09. The largest absolute Gasteiger partial charge is 0.250 e. The number of halogens is 2. The van der Waals surface area contributed by atoms with E-state index < -0.39 is 22.4 Å². The van der Waals surface area contributed by atoms with Gasteiger partial charge in [-0.15, -0.1) is 0 Å². The minimum absolute atomic E-state index is 0.451. The predicted octanol–water partition coefficient (Wildman–Crippen LogP) is 2.58. The Morgan fingerprint density at radius 1 is 1.14 bits per heavy atom. The molecule has 1 nitrogen and oxygen atoms in total. The second kappa shape index (κ2) is 3.46. The van der Waals surface area contributed by atoms with Gasteiger partial charge in [-0.2, -0.15) is 0 Å². The first kappa shape index (κ1) is 9.27. The highest BCUT2D eigenvalue weighted by molar-refractivity contribution is 7.97. The van der Waals surface area contributed by atoms with Crippen molar-refractivity contribution < 1.29 is 13.0 Å². The Morgan fingerprint density at radius 2 is 1.93 bits per heavy atom. The molecular weight excluding hydrogens is 206 g/mol. The fraction of sp³-hybridized carbons (Fsp3) is 0. The summed E-state index contributed by atoms with van der Waals surface area (Å²) >= 11 is 0. The van der Waals surface area contributed by atoms with Crippen molar-refractivity contribution in [3.63, 3.8) is 0 Å². The van der Waals surface area contributed by atoms with Gasteiger partial charge in [0.2, 0.25) is 0 Å². The summed E-state index contributed by atoms with van der Waals surface area (Å²) in [6.07, 6.45) is 3.26. The lowest BCUT2D eigenvalue weighted by Gasteiger charge is -2.01. The molecule has 1 heterocycles. The molecule has 1 aliphatic heterocycles. The van der Waals surface area contributed by atoms with Gasteiger partial charge in [0.15, 0.2) is 11.6 Å². The van der Waals surface area contributed by atoms with Gasteiger partial charge in [-0.3, -0.25) is 0 Å². The molecule has 0 spiro atoms. The molecule has 72 valence electrons. The molecule has 2 rings (SSSR count). The number of rotatable bonds is 1. The van der Waals surface area contributed by atoms with Crippen LogP contribution in [-0.2, 0) is 10.8 Å². The Bertz CT molecular complexity index is 463. The summed E-state index contributed by atoms with van der Waals surface area (Å²) < 4.78 is 36.7. The van der Waals surface area contributed by atoms with Crippen molar-refractivity contribution in [1.29, 1.82) is 0 Å². The van der Waals surface area contributed by atoms with Crippen LogP contribution in [0.25, 0.3) is 4.91 Å². The van der Waals surface area contributed by atoms with Crippen LogP contribution in [0, 0.1) is 11.6 Å². The third kappa shape index (κ3) is 1.53. The van der Waals surface area contributed by atoms with Gasteiger partial charge in [-0.1, -0.05) is 12.1 Å². The quantitative estimate of drug-likeness (QED) is 0.699. The average molecular weight is 212 g/mol. The fourth-order valence-corrected chi connectivity index (χ4v) is 2.14. The van der Waals surface area contributed by atoms with Crippen molar-refractivity contribution >= 4 is 15.7 Å². The van der Waals surface area contributed by atoms with E-state index in [0.717, 1.165) is 12.1 Å². The Hall–Kier alpha value is -1.29. The summed E-state index contributed by atoms with van der Waals surface area (Å²) in [6.45, 7) is 0. The molecule has 1 aromatic carbocycles. The Balaban J connectivity index is 2.44. The molecule has 4 heteroatoms. The monoisotopic (exact) mass is 212 g/mol. The van der Waals surface area contributed by atoms with Crippen molar-refractivity contribution in [2.24, 2.45) is 0 Å². The third-order valence-corrected chi connectivity index (χ3v) is 3.08. The molecular formula is C10H6F2OS. The van der Waals surface area contributed by atoms with Crippen LogP contribution < -0.4 is 0 Å². The van der Waals surface area contributed by atoms with E-state index >= 15 is 0 Å². The zero-order valence-electron chi connectivity index (χ0n) is 7.04. The Labute approximate surface area is 82.2 Å². The molecule has 0 saturated carbocycles. The van der Waals surface area contributed by atoms with Crippen LogP contribution in [0.1, 0.15) is 5.56 Å². The molecule has 14 heavy (non-hydrogen) atoms. The lowest BCUT2D eigenvalue weighted by atomic mass is 10.2. The van der Waals surface area contributed by atoms with Crippen molar-refractivity contribution in [3.05, 3.63) is 53.0 Å². The maximum atomic E-state index is 12.8. The van der Waals surface area contributed by atoms with Gasteiger partial charge in [0.25, 0.3) is 0 Å². The molecule has 0 saturated heterocycles. The van der Waals surface area contributed by atoms with Crippen molar-refractivity contribution in [1.82, 2.24) is 0 Å². The predicted molar refractivity (Wildman–Crippen MR) is 51.6 cm³/mol. The van der Waals surface area contributed by atoms with E-state index in [-0.39, 0.29) is 0 Å². The molecule has 0 aromatic heterocycles. The summed E-state index contributed by atoms with van der Waals surface area (Å²) in [5.41, 5.74) is 0.451. The van der Waals surface area contributed by atoms with Crippen LogP contribution in [0.4, 0.5) is 8.78 Å². The van der Waals surface area contributed by atoms with Gasteiger partial charge in [0.1, 0.15) is 0 Å². The summed E-state index contributed by atoms with van der Waals surface area (Å²) in [5.74, 6) is -1.82. The first-order valence-corrected chi connectivity index (χ1v) is 5.14. The molecule has 1 unspecified atom stereocenters. The van der Waals surface area contributed by atoms with E-state index in [1.54, 1.807) is 12.2 Å². The van der Waals surface area contributed by atoms with Gasteiger partial charge < -0.3 is 0 Å². The number of hydrogen-bond donors (Lipinski definition) is 0. The first-order valence-electron chi connectivity index (χ1n) is 3.93. The SMILES string of the molecule is O=S1C=CC=C1c1ccc(F)c(F)c1. The zero-order valence-corrected chi connectivity index (χ0v) is 7.85. The van der Waals surface area contributed by atoms with Gasteiger partial charge in [-0.05, 0) is 23.8 Å². The van der Waals surface area contributed by atoms with E-state index in [1.165, 1.54) is 11.5 Å². The van der Waals surface area contributed by atoms with Gasteiger partial charge >= 0.3 is 0 Å². The molecule has 1 aliphatic rings. The molecule has 0 N–H and O–H groups in total.